The van der Waals surface area contributed by atoms with E-state index in [1.165, 1.54) is 10.7 Å². The van der Waals surface area contributed by atoms with Gasteiger partial charge in [-0.2, -0.15) is 0 Å². The largest absolute Gasteiger partial charge is 0.381 e. The molecule has 0 spiro atoms. The Bertz CT molecular complexity index is 624. The Balaban J connectivity index is 1.34. The topological polar surface area (TPSA) is 52.4 Å². The fraction of sp³-hybridized carbons (Fsp3) is 0.647. The van der Waals surface area contributed by atoms with E-state index in [9.17, 15) is 0 Å². The molecule has 7 heteroatoms. The van der Waals surface area contributed by atoms with Crippen molar-refractivity contribution in [2.75, 3.05) is 33.0 Å². The SMILES string of the molecule is c1csc(CN2Cc3cncn3C(COCC3CCOCC3)C2)n1. The quantitative estimate of drug-likeness (QED) is 0.802. The first kappa shape index (κ1) is 16.2. The summed E-state index contributed by atoms with van der Waals surface area (Å²) >= 11 is 1.72. The van der Waals surface area contributed by atoms with Crippen molar-refractivity contribution < 1.29 is 9.47 Å². The van der Waals surface area contributed by atoms with Gasteiger partial charge < -0.3 is 14.0 Å². The van der Waals surface area contributed by atoms with Gasteiger partial charge in [0.2, 0.25) is 0 Å². The highest BCUT2D eigenvalue weighted by molar-refractivity contribution is 7.09. The van der Waals surface area contributed by atoms with E-state index in [1.54, 1.807) is 11.3 Å². The monoisotopic (exact) mass is 348 g/mol. The summed E-state index contributed by atoms with van der Waals surface area (Å²) < 4.78 is 13.8. The Morgan fingerprint density at radius 1 is 1.29 bits per heavy atom. The molecular weight excluding hydrogens is 324 g/mol. The Morgan fingerprint density at radius 3 is 3.04 bits per heavy atom. The molecule has 0 aliphatic carbocycles. The third-order valence-electron chi connectivity index (χ3n) is 4.84. The zero-order chi connectivity index (χ0) is 16.2. The number of imidazole rings is 1. The van der Waals surface area contributed by atoms with E-state index in [0.717, 1.165) is 58.9 Å². The second-order valence-corrected chi connectivity index (χ2v) is 7.61. The molecule has 24 heavy (non-hydrogen) atoms. The standard InChI is InChI=1S/C17H24N4O2S/c1-4-22-5-2-14(1)11-23-12-16-9-20(10-17-19-3-6-24-17)8-15-7-18-13-21(15)16/h3,6-7,13-14,16H,1-2,4-5,8-12H2. The summed E-state index contributed by atoms with van der Waals surface area (Å²) in [6.07, 6.45) is 8.04. The highest BCUT2D eigenvalue weighted by Crippen LogP contribution is 2.24. The summed E-state index contributed by atoms with van der Waals surface area (Å²) in [7, 11) is 0. The highest BCUT2D eigenvalue weighted by atomic mass is 32.1. The van der Waals surface area contributed by atoms with E-state index < -0.39 is 0 Å². The fourth-order valence-corrected chi connectivity index (χ4v) is 4.18. The maximum absolute atomic E-state index is 6.08. The second kappa shape index (κ2) is 7.74. The maximum atomic E-state index is 6.08. The summed E-state index contributed by atoms with van der Waals surface area (Å²) in [6.45, 7) is 6.16. The van der Waals surface area contributed by atoms with E-state index in [1.807, 2.05) is 24.1 Å². The number of fused-ring (bicyclic) bond motifs is 1. The van der Waals surface area contributed by atoms with Crippen LogP contribution in [0.3, 0.4) is 0 Å². The van der Waals surface area contributed by atoms with Crippen LogP contribution in [0.25, 0.3) is 0 Å². The van der Waals surface area contributed by atoms with Gasteiger partial charge in [-0.1, -0.05) is 0 Å². The third-order valence-corrected chi connectivity index (χ3v) is 5.61. The van der Waals surface area contributed by atoms with E-state index in [0.29, 0.717) is 12.0 Å². The Hall–Kier alpha value is -1.28. The molecule has 0 amide bonds. The molecule has 0 N–H and O–H groups in total. The zero-order valence-corrected chi connectivity index (χ0v) is 14.7. The Labute approximate surface area is 146 Å². The number of hydrogen-bond acceptors (Lipinski definition) is 6. The molecule has 2 aromatic rings. The van der Waals surface area contributed by atoms with Gasteiger partial charge in [0.05, 0.1) is 31.2 Å². The maximum Gasteiger partial charge on any atom is 0.107 e. The van der Waals surface area contributed by atoms with Crippen LogP contribution in [0.5, 0.6) is 0 Å². The molecule has 2 aliphatic rings. The molecule has 2 aliphatic heterocycles. The van der Waals surface area contributed by atoms with Crippen molar-refractivity contribution in [3.05, 3.63) is 34.8 Å². The van der Waals surface area contributed by atoms with Crippen molar-refractivity contribution in [3.63, 3.8) is 0 Å². The van der Waals surface area contributed by atoms with Crippen LogP contribution in [0.1, 0.15) is 29.6 Å². The summed E-state index contributed by atoms with van der Waals surface area (Å²) in [6, 6.07) is 0.330. The minimum absolute atomic E-state index is 0.330. The molecule has 1 saturated heterocycles. The van der Waals surface area contributed by atoms with Crippen LogP contribution in [0.2, 0.25) is 0 Å². The summed E-state index contributed by atoms with van der Waals surface area (Å²) in [5, 5.41) is 3.21. The van der Waals surface area contributed by atoms with E-state index in [2.05, 4.69) is 19.4 Å². The molecule has 1 atom stereocenters. The molecule has 0 saturated carbocycles. The Kier molecular flexibility index (Phi) is 5.22. The minimum Gasteiger partial charge on any atom is -0.381 e. The number of rotatable bonds is 6. The van der Waals surface area contributed by atoms with Crippen LogP contribution in [-0.2, 0) is 22.6 Å². The first-order valence-corrected chi connectivity index (χ1v) is 9.53. The molecule has 4 heterocycles. The summed E-state index contributed by atoms with van der Waals surface area (Å²) in [5.41, 5.74) is 1.26. The van der Waals surface area contributed by atoms with Gasteiger partial charge in [-0.3, -0.25) is 4.90 Å². The van der Waals surface area contributed by atoms with Gasteiger partial charge in [-0.05, 0) is 18.8 Å². The van der Waals surface area contributed by atoms with Crippen LogP contribution in [0, 0.1) is 5.92 Å². The van der Waals surface area contributed by atoms with E-state index >= 15 is 0 Å². The predicted octanol–water partition coefficient (Wildman–Crippen LogP) is 2.34. The fourth-order valence-electron chi connectivity index (χ4n) is 3.52. The molecular formula is C17H24N4O2S. The van der Waals surface area contributed by atoms with Gasteiger partial charge in [-0.25, -0.2) is 9.97 Å². The van der Waals surface area contributed by atoms with Crippen LogP contribution in [0.15, 0.2) is 24.1 Å². The number of hydrogen-bond donors (Lipinski definition) is 0. The van der Waals surface area contributed by atoms with Gasteiger partial charge in [0, 0.05) is 50.7 Å². The average Bonchev–Trinajstić information content (AvgIpc) is 3.27. The average molecular weight is 348 g/mol. The normalized spacial score (nSPS) is 22.6. The number of nitrogens with zero attached hydrogens (tertiary/aromatic N) is 4. The van der Waals surface area contributed by atoms with Crippen LogP contribution in [0.4, 0.5) is 0 Å². The van der Waals surface area contributed by atoms with Crippen LogP contribution >= 0.6 is 11.3 Å². The number of aromatic nitrogens is 3. The zero-order valence-electron chi connectivity index (χ0n) is 13.8. The highest BCUT2D eigenvalue weighted by Gasteiger charge is 2.26. The first-order chi connectivity index (χ1) is 11.9. The van der Waals surface area contributed by atoms with Crippen molar-refractivity contribution in [2.24, 2.45) is 5.92 Å². The molecule has 130 valence electrons. The third kappa shape index (κ3) is 3.85. The summed E-state index contributed by atoms with van der Waals surface area (Å²) in [5.74, 6) is 0.649. The second-order valence-electron chi connectivity index (χ2n) is 6.63. The molecule has 1 fully saturated rings. The van der Waals surface area contributed by atoms with Gasteiger partial charge in [0.1, 0.15) is 5.01 Å². The minimum atomic E-state index is 0.330. The molecule has 6 nitrogen and oxygen atoms in total. The molecule has 4 rings (SSSR count). The molecule has 0 aromatic carbocycles. The van der Waals surface area contributed by atoms with Crippen molar-refractivity contribution in [1.29, 1.82) is 0 Å². The van der Waals surface area contributed by atoms with Crippen LogP contribution in [-0.4, -0.2) is 52.4 Å². The first-order valence-electron chi connectivity index (χ1n) is 8.65. The lowest BCUT2D eigenvalue weighted by atomic mass is 10.0. The van der Waals surface area contributed by atoms with Crippen molar-refractivity contribution in [3.8, 4) is 0 Å². The predicted molar refractivity (Wildman–Crippen MR) is 91.9 cm³/mol. The molecule has 2 aromatic heterocycles. The van der Waals surface area contributed by atoms with Gasteiger partial charge in [0.25, 0.3) is 0 Å². The van der Waals surface area contributed by atoms with Gasteiger partial charge in [-0.15, -0.1) is 11.3 Å². The lowest BCUT2D eigenvalue weighted by Crippen LogP contribution is -2.38. The summed E-state index contributed by atoms with van der Waals surface area (Å²) in [4.78, 5) is 11.2. The van der Waals surface area contributed by atoms with Gasteiger partial charge in [0.15, 0.2) is 0 Å². The van der Waals surface area contributed by atoms with Crippen molar-refractivity contribution >= 4 is 11.3 Å². The lowest BCUT2D eigenvalue weighted by Gasteiger charge is -2.34. The molecule has 0 bridgehead atoms. The molecule has 0 radical (unpaired) electrons. The molecule has 1 unspecified atom stereocenters. The lowest BCUT2D eigenvalue weighted by molar-refractivity contribution is 0.00518. The number of thiazole rings is 1. The Morgan fingerprint density at radius 2 is 2.21 bits per heavy atom. The number of ether oxygens (including phenoxy) is 2. The van der Waals surface area contributed by atoms with Gasteiger partial charge >= 0.3 is 0 Å². The van der Waals surface area contributed by atoms with Crippen molar-refractivity contribution in [2.45, 2.75) is 32.0 Å². The van der Waals surface area contributed by atoms with Crippen molar-refractivity contribution in [1.82, 2.24) is 19.4 Å². The van der Waals surface area contributed by atoms with E-state index in [4.69, 9.17) is 9.47 Å². The van der Waals surface area contributed by atoms with Crippen LogP contribution < -0.4 is 0 Å². The van der Waals surface area contributed by atoms with E-state index in [-0.39, 0.29) is 0 Å². The smallest absolute Gasteiger partial charge is 0.107 e.